The molecule has 1 aromatic rings. The maximum Gasteiger partial charge on any atom is 0.255 e. The number of aromatic nitrogens is 1. The SMILES string of the molecule is O=C(c1ccc(=O)[nH]c1)N1CCCCCCCOC[C@@H](O)[C@@H](O)CC1. The average Bonchev–Trinajstić information content (AvgIpc) is 2.61. The molecule has 2 rings (SSSR count). The molecule has 0 aliphatic carbocycles. The first kappa shape index (κ1) is 19.6. The normalized spacial score (nSPS) is 24.5. The van der Waals surface area contributed by atoms with Crippen molar-refractivity contribution >= 4 is 5.91 Å². The third-order valence-corrected chi connectivity index (χ3v) is 4.46. The Morgan fingerprint density at radius 1 is 1.08 bits per heavy atom. The summed E-state index contributed by atoms with van der Waals surface area (Å²) in [6.45, 7) is 1.64. The number of carbonyl (C=O) groups excluding carboxylic acids is 1. The number of rotatable bonds is 1. The van der Waals surface area contributed by atoms with E-state index in [1.807, 2.05) is 0 Å². The zero-order chi connectivity index (χ0) is 18.1. The van der Waals surface area contributed by atoms with Crippen LogP contribution in [0.2, 0.25) is 0 Å². The number of hydrogen-bond acceptors (Lipinski definition) is 5. The average molecular weight is 352 g/mol. The standard InChI is InChI=1S/C18H28N2O5/c21-15-8-10-20(18(24)14-6-7-17(23)19-12-14)9-4-2-1-3-5-11-25-13-16(15)22/h6-7,12,15-16,21-22H,1-5,8-11,13H2,(H,19,23)/t15-,16+/m0/s1. The van der Waals surface area contributed by atoms with Crippen LogP contribution in [0.3, 0.4) is 0 Å². The van der Waals surface area contributed by atoms with Crippen molar-refractivity contribution in [2.24, 2.45) is 0 Å². The van der Waals surface area contributed by atoms with E-state index in [-0.39, 0.29) is 24.5 Å². The van der Waals surface area contributed by atoms with Crippen molar-refractivity contribution in [2.75, 3.05) is 26.3 Å². The van der Waals surface area contributed by atoms with Crippen LogP contribution >= 0.6 is 0 Å². The zero-order valence-corrected chi connectivity index (χ0v) is 14.5. The summed E-state index contributed by atoms with van der Waals surface area (Å²) in [5.74, 6) is -0.179. The number of aliphatic hydroxyl groups excluding tert-OH is 2. The number of amides is 1. The highest BCUT2D eigenvalue weighted by Crippen LogP contribution is 2.11. The summed E-state index contributed by atoms with van der Waals surface area (Å²) < 4.78 is 5.39. The molecule has 1 aliphatic heterocycles. The predicted octanol–water partition coefficient (Wildman–Crippen LogP) is 0.910. The maximum absolute atomic E-state index is 12.7. The molecular weight excluding hydrogens is 324 g/mol. The lowest BCUT2D eigenvalue weighted by atomic mass is 10.1. The minimum absolute atomic E-state index is 0.106. The highest BCUT2D eigenvalue weighted by Gasteiger charge is 2.21. The molecule has 1 aromatic heterocycles. The molecule has 1 saturated heterocycles. The van der Waals surface area contributed by atoms with Gasteiger partial charge in [-0.2, -0.15) is 0 Å². The van der Waals surface area contributed by atoms with E-state index in [1.54, 1.807) is 4.90 Å². The first-order valence-corrected chi connectivity index (χ1v) is 9.00. The number of aromatic amines is 1. The highest BCUT2D eigenvalue weighted by atomic mass is 16.5. The van der Waals surface area contributed by atoms with Crippen LogP contribution in [0.15, 0.2) is 23.1 Å². The second-order valence-electron chi connectivity index (χ2n) is 6.50. The lowest BCUT2D eigenvalue weighted by Gasteiger charge is -2.26. The van der Waals surface area contributed by atoms with Crippen molar-refractivity contribution in [3.8, 4) is 0 Å². The minimum atomic E-state index is -0.951. The molecule has 1 amide bonds. The molecule has 25 heavy (non-hydrogen) atoms. The summed E-state index contributed by atoms with van der Waals surface area (Å²) in [5.41, 5.74) is 0.162. The number of hydrogen-bond donors (Lipinski definition) is 3. The third kappa shape index (κ3) is 6.61. The van der Waals surface area contributed by atoms with Gasteiger partial charge in [-0.3, -0.25) is 9.59 Å². The molecule has 3 N–H and O–H groups in total. The first-order chi connectivity index (χ1) is 12.1. The Balaban J connectivity index is 2.02. The van der Waals surface area contributed by atoms with Crippen molar-refractivity contribution in [3.05, 3.63) is 34.2 Å². The first-order valence-electron chi connectivity index (χ1n) is 9.00. The van der Waals surface area contributed by atoms with Crippen molar-refractivity contribution in [2.45, 2.75) is 50.7 Å². The molecule has 1 aliphatic rings. The van der Waals surface area contributed by atoms with Gasteiger partial charge in [-0.15, -0.1) is 0 Å². The van der Waals surface area contributed by atoms with Gasteiger partial charge in [0.05, 0.1) is 18.3 Å². The fourth-order valence-electron chi connectivity index (χ4n) is 2.87. The van der Waals surface area contributed by atoms with Gasteiger partial charge in [-0.1, -0.05) is 19.3 Å². The zero-order valence-electron chi connectivity index (χ0n) is 14.5. The van der Waals surface area contributed by atoms with Gasteiger partial charge in [-0.25, -0.2) is 0 Å². The Morgan fingerprint density at radius 3 is 2.60 bits per heavy atom. The largest absolute Gasteiger partial charge is 0.390 e. The van der Waals surface area contributed by atoms with Crippen LogP contribution in [0.4, 0.5) is 0 Å². The summed E-state index contributed by atoms with van der Waals surface area (Å²) in [6.07, 6.45) is 4.77. The quantitative estimate of drug-likeness (QED) is 0.697. The summed E-state index contributed by atoms with van der Waals surface area (Å²) in [5, 5.41) is 20.0. The molecular formula is C18H28N2O5. The molecule has 2 heterocycles. The Labute approximate surface area is 147 Å². The fraction of sp³-hybridized carbons (Fsp3) is 0.667. The second-order valence-corrected chi connectivity index (χ2v) is 6.50. The molecule has 0 unspecified atom stereocenters. The van der Waals surface area contributed by atoms with Gasteiger partial charge in [0, 0.05) is 32.0 Å². The van der Waals surface area contributed by atoms with Crippen LogP contribution < -0.4 is 5.56 Å². The van der Waals surface area contributed by atoms with E-state index < -0.39 is 12.2 Å². The van der Waals surface area contributed by atoms with E-state index in [0.29, 0.717) is 25.3 Å². The van der Waals surface area contributed by atoms with E-state index in [0.717, 1.165) is 32.1 Å². The summed E-state index contributed by atoms with van der Waals surface area (Å²) in [6, 6.07) is 2.83. The van der Waals surface area contributed by atoms with Gasteiger partial charge >= 0.3 is 0 Å². The molecule has 1 fully saturated rings. The number of nitrogens with zero attached hydrogens (tertiary/aromatic N) is 1. The number of aliphatic hydroxyl groups is 2. The van der Waals surface area contributed by atoms with Gasteiger partial charge in [0.15, 0.2) is 0 Å². The van der Waals surface area contributed by atoms with E-state index >= 15 is 0 Å². The minimum Gasteiger partial charge on any atom is -0.390 e. The molecule has 2 atom stereocenters. The van der Waals surface area contributed by atoms with E-state index in [4.69, 9.17) is 4.74 Å². The summed E-state index contributed by atoms with van der Waals surface area (Å²) in [7, 11) is 0. The molecule has 7 nitrogen and oxygen atoms in total. The Kier molecular flexibility index (Phi) is 8.11. The van der Waals surface area contributed by atoms with Crippen LogP contribution in [0.25, 0.3) is 0 Å². The Hall–Kier alpha value is -1.70. The molecule has 0 spiro atoms. The van der Waals surface area contributed by atoms with Gasteiger partial charge in [0.1, 0.15) is 6.10 Å². The molecule has 140 valence electrons. The number of pyridine rings is 1. The van der Waals surface area contributed by atoms with E-state index in [1.165, 1.54) is 18.3 Å². The van der Waals surface area contributed by atoms with Gasteiger partial charge < -0.3 is 24.8 Å². The van der Waals surface area contributed by atoms with Crippen LogP contribution in [0.1, 0.15) is 48.9 Å². The summed E-state index contributed by atoms with van der Waals surface area (Å²) >= 11 is 0. The smallest absolute Gasteiger partial charge is 0.255 e. The maximum atomic E-state index is 12.7. The number of nitrogens with one attached hydrogen (secondary N) is 1. The molecule has 0 aromatic carbocycles. The van der Waals surface area contributed by atoms with Crippen LogP contribution in [-0.4, -0.2) is 64.5 Å². The fourth-order valence-corrected chi connectivity index (χ4v) is 2.87. The van der Waals surface area contributed by atoms with Crippen LogP contribution in [0.5, 0.6) is 0 Å². The summed E-state index contributed by atoms with van der Waals surface area (Å²) in [4.78, 5) is 28.0. The Morgan fingerprint density at radius 2 is 1.84 bits per heavy atom. The van der Waals surface area contributed by atoms with Gasteiger partial charge in [0.25, 0.3) is 5.91 Å². The second kappa shape index (κ2) is 10.3. The van der Waals surface area contributed by atoms with Gasteiger partial charge in [-0.05, 0) is 25.3 Å². The van der Waals surface area contributed by atoms with Crippen LogP contribution in [0, 0.1) is 0 Å². The predicted molar refractivity (Wildman–Crippen MR) is 93.5 cm³/mol. The van der Waals surface area contributed by atoms with Crippen LogP contribution in [-0.2, 0) is 4.74 Å². The topological polar surface area (TPSA) is 103 Å². The van der Waals surface area contributed by atoms with Gasteiger partial charge in [0.2, 0.25) is 5.56 Å². The third-order valence-electron chi connectivity index (χ3n) is 4.46. The molecule has 0 saturated carbocycles. The lowest BCUT2D eigenvalue weighted by Crippen LogP contribution is -2.38. The molecule has 0 bridgehead atoms. The van der Waals surface area contributed by atoms with Crippen molar-refractivity contribution in [3.63, 3.8) is 0 Å². The molecule has 0 radical (unpaired) electrons. The van der Waals surface area contributed by atoms with Crippen molar-refractivity contribution in [1.82, 2.24) is 9.88 Å². The lowest BCUT2D eigenvalue weighted by molar-refractivity contribution is -0.0434. The number of H-pyrrole nitrogens is 1. The van der Waals surface area contributed by atoms with E-state index in [9.17, 15) is 19.8 Å². The monoisotopic (exact) mass is 352 g/mol. The number of ether oxygens (including phenoxy) is 1. The Bertz CT molecular complexity index is 569. The highest BCUT2D eigenvalue weighted by molar-refractivity contribution is 5.93. The van der Waals surface area contributed by atoms with Crippen molar-refractivity contribution < 1.29 is 19.7 Å². The molecule has 7 heteroatoms. The number of carbonyl (C=O) groups is 1. The van der Waals surface area contributed by atoms with Crippen molar-refractivity contribution in [1.29, 1.82) is 0 Å². The van der Waals surface area contributed by atoms with E-state index in [2.05, 4.69) is 4.98 Å².